The van der Waals surface area contributed by atoms with Crippen molar-refractivity contribution in [3.63, 3.8) is 0 Å². The van der Waals surface area contributed by atoms with Crippen molar-refractivity contribution in [2.24, 2.45) is 5.73 Å². The van der Waals surface area contributed by atoms with Crippen molar-refractivity contribution in [1.82, 2.24) is 5.32 Å². The van der Waals surface area contributed by atoms with Gasteiger partial charge in [0.2, 0.25) is 5.91 Å². The second-order valence-corrected chi connectivity index (χ2v) is 5.18. The Balaban J connectivity index is 2.26. The molecular formula is C13H20N2OS. The highest BCUT2D eigenvalue weighted by Crippen LogP contribution is 2.14. The standard InChI is InChI=1S/C13H20N2OS/c1-10-4-3-5-11(8-10)9-17-7-6-12(15-2)13(14)16/h3-5,8,12,15H,6-7,9H2,1-2H3,(H2,14,16). The molecule has 0 heterocycles. The van der Waals surface area contributed by atoms with E-state index in [4.69, 9.17) is 5.73 Å². The Morgan fingerprint density at radius 1 is 1.53 bits per heavy atom. The molecular weight excluding hydrogens is 232 g/mol. The Morgan fingerprint density at radius 2 is 2.29 bits per heavy atom. The van der Waals surface area contributed by atoms with Gasteiger partial charge in [-0.3, -0.25) is 4.79 Å². The smallest absolute Gasteiger partial charge is 0.234 e. The number of benzene rings is 1. The predicted octanol–water partition coefficient (Wildman–Crippen LogP) is 1.69. The number of likely N-dealkylation sites (N-methyl/N-ethyl adjacent to an activating group) is 1. The molecule has 4 heteroatoms. The normalized spacial score (nSPS) is 12.4. The van der Waals surface area contributed by atoms with Gasteiger partial charge in [-0.2, -0.15) is 11.8 Å². The van der Waals surface area contributed by atoms with Gasteiger partial charge in [-0.15, -0.1) is 0 Å². The molecule has 3 nitrogen and oxygen atoms in total. The fraction of sp³-hybridized carbons (Fsp3) is 0.462. The molecule has 0 bridgehead atoms. The number of aryl methyl sites for hydroxylation is 1. The zero-order valence-corrected chi connectivity index (χ0v) is 11.2. The molecule has 1 aromatic carbocycles. The summed E-state index contributed by atoms with van der Waals surface area (Å²) in [5, 5.41) is 2.92. The first-order valence-corrected chi connectivity index (χ1v) is 6.89. The molecule has 0 saturated carbocycles. The van der Waals surface area contributed by atoms with Gasteiger partial charge in [0.1, 0.15) is 0 Å². The fourth-order valence-electron chi connectivity index (χ4n) is 1.62. The van der Waals surface area contributed by atoms with Crippen LogP contribution in [0.5, 0.6) is 0 Å². The zero-order valence-electron chi connectivity index (χ0n) is 10.4. The number of carbonyl (C=O) groups excluding carboxylic acids is 1. The summed E-state index contributed by atoms with van der Waals surface area (Å²) in [5.41, 5.74) is 7.86. The molecule has 0 fully saturated rings. The average Bonchev–Trinajstić information content (AvgIpc) is 2.28. The zero-order chi connectivity index (χ0) is 12.7. The number of hydrogen-bond acceptors (Lipinski definition) is 3. The highest BCUT2D eigenvalue weighted by atomic mass is 32.2. The van der Waals surface area contributed by atoms with Crippen LogP contribution in [0.1, 0.15) is 17.5 Å². The minimum Gasteiger partial charge on any atom is -0.368 e. The molecule has 0 aliphatic carbocycles. The summed E-state index contributed by atoms with van der Waals surface area (Å²) in [4.78, 5) is 11.0. The summed E-state index contributed by atoms with van der Waals surface area (Å²) in [6.07, 6.45) is 0.780. The average molecular weight is 252 g/mol. The van der Waals surface area contributed by atoms with Gasteiger partial charge < -0.3 is 11.1 Å². The van der Waals surface area contributed by atoms with E-state index in [9.17, 15) is 4.79 Å². The Bertz CT molecular complexity index is 368. The number of nitrogens with one attached hydrogen (secondary N) is 1. The fourth-order valence-corrected chi connectivity index (χ4v) is 2.58. The Kier molecular flexibility index (Phi) is 6.08. The van der Waals surface area contributed by atoms with Gasteiger partial charge in [0.15, 0.2) is 0 Å². The summed E-state index contributed by atoms with van der Waals surface area (Å²) in [7, 11) is 1.76. The molecule has 0 aliphatic heterocycles. The number of rotatable bonds is 7. The van der Waals surface area contributed by atoms with Crippen molar-refractivity contribution < 1.29 is 4.79 Å². The first-order valence-electron chi connectivity index (χ1n) is 5.73. The first-order chi connectivity index (χ1) is 8.13. The topological polar surface area (TPSA) is 55.1 Å². The van der Waals surface area contributed by atoms with Crippen molar-refractivity contribution in [1.29, 1.82) is 0 Å². The van der Waals surface area contributed by atoms with Crippen molar-refractivity contribution in [2.45, 2.75) is 25.1 Å². The van der Waals surface area contributed by atoms with Crippen molar-refractivity contribution in [3.8, 4) is 0 Å². The summed E-state index contributed by atoms with van der Waals surface area (Å²) in [6.45, 7) is 2.10. The van der Waals surface area contributed by atoms with Gasteiger partial charge in [-0.05, 0) is 31.7 Å². The van der Waals surface area contributed by atoms with Crippen molar-refractivity contribution >= 4 is 17.7 Å². The lowest BCUT2D eigenvalue weighted by Crippen LogP contribution is -2.39. The summed E-state index contributed by atoms with van der Waals surface area (Å²) in [6, 6.07) is 8.28. The molecule has 0 aliphatic rings. The molecule has 1 rings (SSSR count). The van der Waals surface area contributed by atoms with Crippen LogP contribution in [0, 0.1) is 6.92 Å². The van der Waals surface area contributed by atoms with Crippen LogP contribution >= 0.6 is 11.8 Å². The van der Waals surface area contributed by atoms with E-state index in [1.54, 1.807) is 7.05 Å². The molecule has 0 aromatic heterocycles. The Morgan fingerprint density at radius 3 is 2.88 bits per heavy atom. The van der Waals surface area contributed by atoms with E-state index >= 15 is 0 Å². The maximum absolute atomic E-state index is 11.0. The molecule has 17 heavy (non-hydrogen) atoms. The lowest BCUT2D eigenvalue weighted by atomic mass is 10.2. The predicted molar refractivity (Wildman–Crippen MR) is 74.0 cm³/mol. The van der Waals surface area contributed by atoms with E-state index in [-0.39, 0.29) is 11.9 Å². The minimum atomic E-state index is -0.274. The molecule has 1 amide bonds. The quantitative estimate of drug-likeness (QED) is 0.726. The molecule has 0 spiro atoms. The van der Waals surface area contributed by atoms with Crippen molar-refractivity contribution in [2.75, 3.05) is 12.8 Å². The molecule has 0 radical (unpaired) electrons. The SMILES string of the molecule is CNC(CCSCc1cccc(C)c1)C(N)=O. The van der Waals surface area contributed by atoms with Gasteiger partial charge in [0.25, 0.3) is 0 Å². The summed E-state index contributed by atoms with van der Waals surface area (Å²) in [5.74, 6) is 1.64. The van der Waals surface area contributed by atoms with Crippen LogP contribution in [0.4, 0.5) is 0 Å². The van der Waals surface area contributed by atoms with Crippen LogP contribution in [-0.4, -0.2) is 24.7 Å². The Hall–Kier alpha value is -1.00. The third kappa shape index (κ3) is 5.24. The highest BCUT2D eigenvalue weighted by molar-refractivity contribution is 7.98. The summed E-state index contributed by atoms with van der Waals surface area (Å²) >= 11 is 1.83. The number of primary amides is 1. The third-order valence-corrected chi connectivity index (χ3v) is 3.66. The van der Waals surface area contributed by atoms with Crippen LogP contribution in [0.2, 0.25) is 0 Å². The second kappa shape index (κ2) is 7.35. The van der Waals surface area contributed by atoms with Crippen LogP contribution < -0.4 is 11.1 Å². The lowest BCUT2D eigenvalue weighted by Gasteiger charge is -2.11. The maximum atomic E-state index is 11.0. The van der Waals surface area contributed by atoms with Crippen LogP contribution in [-0.2, 0) is 10.5 Å². The molecule has 0 saturated heterocycles. The number of hydrogen-bond donors (Lipinski definition) is 2. The Labute approximate surface area is 107 Å². The van der Waals surface area contributed by atoms with E-state index < -0.39 is 0 Å². The second-order valence-electron chi connectivity index (χ2n) is 4.07. The molecule has 1 atom stereocenters. The van der Waals surface area contributed by atoms with Crippen LogP contribution in [0.3, 0.4) is 0 Å². The number of amides is 1. The van der Waals surface area contributed by atoms with Gasteiger partial charge >= 0.3 is 0 Å². The van der Waals surface area contributed by atoms with E-state index in [2.05, 4.69) is 36.5 Å². The van der Waals surface area contributed by atoms with Crippen molar-refractivity contribution in [3.05, 3.63) is 35.4 Å². The van der Waals surface area contributed by atoms with Gasteiger partial charge in [-0.25, -0.2) is 0 Å². The highest BCUT2D eigenvalue weighted by Gasteiger charge is 2.11. The monoisotopic (exact) mass is 252 g/mol. The largest absolute Gasteiger partial charge is 0.368 e. The minimum absolute atomic E-state index is 0.208. The van der Waals surface area contributed by atoms with E-state index in [0.29, 0.717) is 0 Å². The maximum Gasteiger partial charge on any atom is 0.234 e. The van der Waals surface area contributed by atoms with Crippen LogP contribution in [0.15, 0.2) is 24.3 Å². The van der Waals surface area contributed by atoms with Gasteiger partial charge in [0.05, 0.1) is 6.04 Å². The third-order valence-electron chi connectivity index (χ3n) is 2.59. The van der Waals surface area contributed by atoms with E-state index in [1.807, 2.05) is 11.8 Å². The molecule has 1 aromatic rings. The number of carbonyl (C=O) groups is 1. The number of thioether (sulfide) groups is 1. The van der Waals surface area contributed by atoms with Crippen LogP contribution in [0.25, 0.3) is 0 Å². The lowest BCUT2D eigenvalue weighted by molar-refractivity contribution is -0.119. The molecule has 94 valence electrons. The van der Waals surface area contributed by atoms with E-state index in [0.717, 1.165) is 17.9 Å². The van der Waals surface area contributed by atoms with E-state index in [1.165, 1.54) is 11.1 Å². The molecule has 3 N–H and O–H groups in total. The molecule has 1 unspecified atom stereocenters. The summed E-state index contributed by atoms with van der Waals surface area (Å²) < 4.78 is 0. The first kappa shape index (κ1) is 14.1. The van der Waals surface area contributed by atoms with Gasteiger partial charge in [0, 0.05) is 5.75 Å². The number of nitrogens with two attached hydrogens (primary N) is 1. The van der Waals surface area contributed by atoms with Gasteiger partial charge in [-0.1, -0.05) is 29.8 Å².